The van der Waals surface area contributed by atoms with E-state index >= 15 is 0 Å². The minimum Gasteiger partial charge on any atom is -0.481 e. The average Bonchev–Trinajstić information content (AvgIpc) is 3.84. The highest BCUT2D eigenvalue weighted by molar-refractivity contribution is 8.00. The average molecular weight is 962 g/mol. The Kier molecular flexibility index (Phi) is 21.7. The molecule has 6 N–H and O–H groups in total. The topological polar surface area (TPSA) is 215 Å². The number of urea groups is 1. The number of hydrogen-bond acceptors (Lipinski definition) is 10. The van der Waals surface area contributed by atoms with E-state index in [0.717, 1.165) is 25.0 Å². The maximum absolute atomic E-state index is 14.2. The van der Waals surface area contributed by atoms with Gasteiger partial charge in [-0.15, -0.1) is 0 Å². The number of pyridine rings is 1. The number of nitrogens with zero attached hydrogens (tertiary/aromatic N) is 1. The van der Waals surface area contributed by atoms with Gasteiger partial charge in [-0.1, -0.05) is 55.1 Å². The highest BCUT2D eigenvalue weighted by atomic mass is 35.5. The molecular formula is C46H62Cl2N6O10S. The van der Waals surface area contributed by atoms with Gasteiger partial charge in [0.15, 0.2) is 0 Å². The van der Waals surface area contributed by atoms with Crippen molar-refractivity contribution in [2.24, 2.45) is 0 Å². The molecule has 1 unspecified atom stereocenters. The summed E-state index contributed by atoms with van der Waals surface area (Å²) in [6.45, 7) is 5.57. The quantitative estimate of drug-likeness (QED) is 0.0356. The molecule has 0 radical (unpaired) electrons. The minimum atomic E-state index is -1.11. The monoisotopic (exact) mass is 960 g/mol. The first-order valence-corrected chi connectivity index (χ1v) is 24.3. The predicted molar refractivity (Wildman–Crippen MR) is 253 cm³/mol. The lowest BCUT2D eigenvalue weighted by molar-refractivity contribution is -0.139. The van der Waals surface area contributed by atoms with E-state index in [1.807, 2.05) is 18.7 Å². The number of carboxylic acids is 1. The summed E-state index contributed by atoms with van der Waals surface area (Å²) in [6.07, 6.45) is 5.30. The third kappa shape index (κ3) is 16.2. The van der Waals surface area contributed by atoms with Crippen molar-refractivity contribution in [2.45, 2.75) is 101 Å². The maximum Gasteiger partial charge on any atom is 0.315 e. The highest BCUT2D eigenvalue weighted by Gasteiger charge is 2.42. The van der Waals surface area contributed by atoms with Crippen LogP contribution in [0.2, 0.25) is 10.0 Å². The molecule has 0 spiro atoms. The smallest absolute Gasteiger partial charge is 0.315 e. The summed E-state index contributed by atoms with van der Waals surface area (Å²) in [5.41, 5.74) is 1.33. The second-order valence-electron chi connectivity index (χ2n) is 16.1. The zero-order valence-electron chi connectivity index (χ0n) is 36.9. The number of fused-ring (bicyclic) bond motifs is 2. The molecule has 2 aliphatic rings. The van der Waals surface area contributed by atoms with Gasteiger partial charge in [-0.3, -0.25) is 24.0 Å². The van der Waals surface area contributed by atoms with Gasteiger partial charge in [0.2, 0.25) is 17.7 Å². The van der Waals surface area contributed by atoms with E-state index in [-0.39, 0.29) is 73.8 Å². The fourth-order valence-corrected chi connectivity index (χ4v) is 9.86. The van der Waals surface area contributed by atoms with Gasteiger partial charge in [-0.25, -0.2) is 4.79 Å². The SMILES string of the molecule is CCC[C@H](C(=O)O)c1c(-c2ccc(Cl)cc2)c2cc(Cl)ccc2n(CCNC(=O)CCC(=O)NCCCOCCOCCOCCCNC(=O)CCCCC2SC[C@H]3NC(=O)N[C@@H]23)c1=O. The van der Waals surface area contributed by atoms with Crippen molar-refractivity contribution in [3.8, 4) is 11.1 Å². The summed E-state index contributed by atoms with van der Waals surface area (Å²) in [4.78, 5) is 75.6. The fraction of sp³-hybridized carbons (Fsp3) is 0.565. The van der Waals surface area contributed by atoms with Crippen LogP contribution in [0.25, 0.3) is 22.0 Å². The Morgan fingerprint density at radius 2 is 1.38 bits per heavy atom. The Balaban J connectivity index is 0.884. The Morgan fingerprint density at radius 1 is 0.785 bits per heavy atom. The molecular weight excluding hydrogens is 900 g/mol. The van der Waals surface area contributed by atoms with Crippen LogP contribution in [0.3, 0.4) is 0 Å². The van der Waals surface area contributed by atoms with Gasteiger partial charge in [0.25, 0.3) is 5.56 Å². The molecule has 4 atom stereocenters. The summed E-state index contributed by atoms with van der Waals surface area (Å²) >= 11 is 14.5. The molecule has 356 valence electrons. The van der Waals surface area contributed by atoms with Gasteiger partial charge in [-0.05, 0) is 68.0 Å². The molecule has 3 aromatic rings. The number of carboxylic acid groups (broad SMARTS) is 1. The van der Waals surface area contributed by atoms with Gasteiger partial charge >= 0.3 is 12.0 Å². The number of rotatable bonds is 30. The summed E-state index contributed by atoms with van der Waals surface area (Å²) in [6, 6.07) is 12.3. The molecule has 2 aliphatic heterocycles. The Labute approximate surface area is 393 Å². The number of aliphatic carboxylic acids is 1. The van der Waals surface area contributed by atoms with Crippen LogP contribution in [0.1, 0.15) is 82.6 Å². The Morgan fingerprint density at radius 3 is 2.02 bits per heavy atom. The van der Waals surface area contributed by atoms with Crippen molar-refractivity contribution in [3.63, 3.8) is 0 Å². The zero-order valence-corrected chi connectivity index (χ0v) is 39.3. The van der Waals surface area contributed by atoms with Crippen molar-refractivity contribution in [3.05, 3.63) is 68.4 Å². The number of carbonyl (C=O) groups excluding carboxylic acids is 4. The van der Waals surface area contributed by atoms with Gasteiger partial charge < -0.3 is 50.5 Å². The number of unbranched alkanes of at least 4 members (excludes halogenated alkanes) is 1. The molecule has 19 heteroatoms. The van der Waals surface area contributed by atoms with Crippen LogP contribution in [-0.2, 0) is 39.9 Å². The van der Waals surface area contributed by atoms with E-state index in [0.29, 0.717) is 116 Å². The molecule has 16 nitrogen and oxygen atoms in total. The maximum atomic E-state index is 14.2. The molecule has 0 saturated carbocycles. The van der Waals surface area contributed by atoms with Gasteiger partial charge in [0, 0.05) is 96.2 Å². The van der Waals surface area contributed by atoms with Crippen LogP contribution in [0.5, 0.6) is 0 Å². The number of carbonyl (C=O) groups is 5. The van der Waals surface area contributed by atoms with E-state index in [1.54, 1.807) is 42.5 Å². The van der Waals surface area contributed by atoms with Gasteiger partial charge in [0.1, 0.15) is 0 Å². The second-order valence-corrected chi connectivity index (χ2v) is 18.2. The molecule has 0 bridgehead atoms. The van der Waals surface area contributed by atoms with Crippen LogP contribution in [0.4, 0.5) is 4.79 Å². The molecule has 0 aliphatic carbocycles. The largest absolute Gasteiger partial charge is 0.481 e. The highest BCUT2D eigenvalue weighted by Crippen LogP contribution is 2.37. The number of thioether (sulfide) groups is 1. The van der Waals surface area contributed by atoms with Crippen molar-refractivity contribution in [2.75, 3.05) is 65.0 Å². The first kappa shape index (κ1) is 51.6. The molecule has 5 amide bonds. The van der Waals surface area contributed by atoms with Crippen molar-refractivity contribution in [1.82, 2.24) is 31.2 Å². The number of aromatic nitrogens is 1. The van der Waals surface area contributed by atoms with Crippen LogP contribution in [-0.4, -0.2) is 122 Å². The van der Waals surface area contributed by atoms with Crippen LogP contribution < -0.4 is 32.1 Å². The number of hydrogen-bond donors (Lipinski definition) is 6. The second kappa shape index (κ2) is 27.3. The Hall–Kier alpha value is -4.39. The standard InChI is InChI=1S/C46H62Cl2N6O10S/c1-2-7-33(45(59)60)42-41(30-10-12-31(47)13-11-30)34-28-32(48)14-15-36(34)54(44(42)58)21-20-51-40(57)17-16-39(56)50-19-6-23-63-25-27-64-26-24-62-22-5-18-49-38(55)9-4-3-8-37-43-35(29-65-37)52-46(61)53-43/h10-15,28,33,35,37,43H,2-9,16-27,29H2,1H3,(H,49,55)(H,50,56)(H,51,57)(H,59,60)(H2,52,53,61)/t33-,35+,37?,43+/m0/s1. The molecule has 2 fully saturated rings. The molecule has 65 heavy (non-hydrogen) atoms. The molecule has 5 rings (SSSR count). The van der Waals surface area contributed by atoms with E-state index < -0.39 is 17.4 Å². The lowest BCUT2D eigenvalue weighted by Crippen LogP contribution is -2.36. The lowest BCUT2D eigenvalue weighted by Gasteiger charge is -2.22. The molecule has 3 heterocycles. The molecule has 2 aromatic carbocycles. The van der Waals surface area contributed by atoms with E-state index in [4.69, 9.17) is 37.4 Å². The van der Waals surface area contributed by atoms with Gasteiger partial charge in [0.05, 0.1) is 49.9 Å². The molecule has 1 aromatic heterocycles. The number of benzene rings is 2. The summed E-state index contributed by atoms with van der Waals surface area (Å²) in [5.74, 6) is -1.83. The van der Waals surface area contributed by atoms with Crippen LogP contribution in [0.15, 0.2) is 47.3 Å². The van der Waals surface area contributed by atoms with Crippen molar-refractivity contribution >= 4 is 75.6 Å². The van der Waals surface area contributed by atoms with Crippen LogP contribution >= 0.6 is 35.0 Å². The minimum absolute atomic E-state index is 0.0147. The summed E-state index contributed by atoms with van der Waals surface area (Å²) in [7, 11) is 0. The Bertz CT molecular complexity index is 2130. The first-order valence-electron chi connectivity index (χ1n) is 22.5. The van der Waals surface area contributed by atoms with Crippen LogP contribution in [0, 0.1) is 0 Å². The van der Waals surface area contributed by atoms with Crippen molar-refractivity contribution in [1.29, 1.82) is 0 Å². The fourth-order valence-electron chi connectivity index (χ4n) is 8.02. The normalized spacial score (nSPS) is 17.0. The number of halogens is 2. The summed E-state index contributed by atoms with van der Waals surface area (Å²) in [5, 5.41) is 26.7. The predicted octanol–water partition coefficient (Wildman–Crippen LogP) is 5.63. The van der Waals surface area contributed by atoms with E-state index in [2.05, 4.69) is 26.6 Å². The van der Waals surface area contributed by atoms with E-state index in [9.17, 15) is 33.9 Å². The number of nitrogens with one attached hydrogen (secondary N) is 5. The third-order valence-electron chi connectivity index (χ3n) is 11.3. The zero-order chi connectivity index (χ0) is 46.6. The summed E-state index contributed by atoms with van der Waals surface area (Å²) < 4.78 is 18.2. The molecule has 2 saturated heterocycles. The number of ether oxygens (including phenoxy) is 3. The van der Waals surface area contributed by atoms with Gasteiger partial charge in [-0.2, -0.15) is 11.8 Å². The third-order valence-corrected chi connectivity index (χ3v) is 13.3. The number of amides is 5. The van der Waals surface area contributed by atoms with E-state index in [1.165, 1.54) is 4.57 Å². The first-order chi connectivity index (χ1) is 31.5. The van der Waals surface area contributed by atoms with Crippen molar-refractivity contribution < 1.29 is 43.3 Å². The lowest BCUT2D eigenvalue weighted by atomic mass is 9.86.